The van der Waals surface area contributed by atoms with Crippen molar-refractivity contribution in [2.24, 2.45) is 5.41 Å². The van der Waals surface area contributed by atoms with Gasteiger partial charge >= 0.3 is 0 Å². The Morgan fingerprint density at radius 1 is 1.12 bits per heavy atom. The molecule has 1 atom stereocenters. The van der Waals surface area contributed by atoms with E-state index in [1.165, 1.54) is 5.56 Å². The maximum absolute atomic E-state index is 13.9. The molecule has 1 aliphatic heterocycles. The first kappa shape index (κ1) is 22.4. The third kappa shape index (κ3) is 3.38. The minimum Gasteiger partial charge on any atom is -0.497 e. The molecule has 2 aromatic rings. The lowest BCUT2D eigenvalue weighted by Gasteiger charge is -2.46. The van der Waals surface area contributed by atoms with Crippen LogP contribution in [0.2, 0.25) is 0 Å². The number of thiocarbonyl (C=S) groups is 1. The summed E-state index contributed by atoms with van der Waals surface area (Å²) in [6.45, 7) is 4.18. The molecule has 0 radical (unpaired) electrons. The first-order chi connectivity index (χ1) is 15.8. The lowest BCUT2D eigenvalue weighted by Crippen LogP contribution is -2.56. The second-order valence-corrected chi connectivity index (χ2v) is 10.4. The van der Waals surface area contributed by atoms with Crippen molar-refractivity contribution in [3.63, 3.8) is 0 Å². The lowest BCUT2D eigenvalue weighted by molar-refractivity contribution is -0.138. The highest BCUT2D eigenvalue weighted by molar-refractivity contribution is 7.80. The van der Waals surface area contributed by atoms with Crippen LogP contribution in [0.1, 0.15) is 50.7 Å². The fourth-order valence-corrected chi connectivity index (χ4v) is 6.48. The molecule has 1 N–H and O–H groups in total. The van der Waals surface area contributed by atoms with Crippen LogP contribution in [0.3, 0.4) is 0 Å². The van der Waals surface area contributed by atoms with E-state index >= 15 is 0 Å². The summed E-state index contributed by atoms with van der Waals surface area (Å²) in [7, 11) is 3.47. The van der Waals surface area contributed by atoms with Gasteiger partial charge in [0.2, 0.25) is 0 Å². The number of fused-ring (bicyclic) bond motifs is 3. The number of rotatable bonds is 4. The summed E-state index contributed by atoms with van der Waals surface area (Å²) in [4.78, 5) is 15.5. The van der Waals surface area contributed by atoms with Crippen molar-refractivity contribution < 1.29 is 14.3 Å². The average Bonchev–Trinajstić information content (AvgIpc) is 3.21. The van der Waals surface area contributed by atoms with E-state index in [2.05, 4.69) is 43.4 Å². The number of nitrogens with one attached hydrogen (secondary N) is 1. The standard InChI is InChI=1S/C27H32N2O3S/c1-17(2)32-21-10-12-26(13-11-21)16-20-9-8-19(18-6-5-7-22(14-18)31-4)15-23(20)27(26)24(30)29(3)25(33)28-27/h5-9,14-15,17,21H,10-13,16H2,1-4H3,(H,28,33). The molecule has 6 heteroatoms. The van der Waals surface area contributed by atoms with Gasteiger partial charge in [-0.3, -0.25) is 9.69 Å². The Bertz CT molecular complexity index is 1110. The van der Waals surface area contributed by atoms with Gasteiger partial charge in [-0.25, -0.2) is 0 Å². The maximum Gasteiger partial charge on any atom is 0.259 e. The molecule has 0 bridgehead atoms. The minimum absolute atomic E-state index is 0.0669. The van der Waals surface area contributed by atoms with Crippen LogP contribution in [-0.4, -0.2) is 42.3 Å². The van der Waals surface area contributed by atoms with E-state index in [0.29, 0.717) is 5.11 Å². The molecular formula is C27H32N2O3S. The molecule has 2 fully saturated rings. The summed E-state index contributed by atoms with van der Waals surface area (Å²) < 4.78 is 11.6. The van der Waals surface area contributed by atoms with Gasteiger partial charge in [0.15, 0.2) is 10.7 Å². The van der Waals surface area contributed by atoms with Gasteiger partial charge < -0.3 is 14.8 Å². The summed E-state index contributed by atoms with van der Waals surface area (Å²) in [6.07, 6.45) is 5.14. The highest BCUT2D eigenvalue weighted by atomic mass is 32.1. The van der Waals surface area contributed by atoms with Gasteiger partial charge in [-0.15, -0.1) is 0 Å². The summed E-state index contributed by atoms with van der Waals surface area (Å²) in [6, 6.07) is 14.6. The fourth-order valence-electron chi connectivity index (χ4n) is 6.24. The Hall–Kier alpha value is -2.44. The van der Waals surface area contributed by atoms with Crippen molar-refractivity contribution in [2.45, 2.75) is 63.7 Å². The quantitative estimate of drug-likeness (QED) is 0.658. The van der Waals surface area contributed by atoms with Gasteiger partial charge in [-0.2, -0.15) is 0 Å². The average molecular weight is 465 g/mol. The van der Waals surface area contributed by atoms with Crippen molar-refractivity contribution in [1.82, 2.24) is 10.2 Å². The smallest absolute Gasteiger partial charge is 0.259 e. The topological polar surface area (TPSA) is 50.8 Å². The van der Waals surface area contributed by atoms with Crippen molar-refractivity contribution >= 4 is 23.2 Å². The number of hydrogen-bond acceptors (Lipinski definition) is 4. The molecule has 5 rings (SSSR count). The van der Waals surface area contributed by atoms with Gasteiger partial charge in [0.1, 0.15) is 5.75 Å². The van der Waals surface area contributed by atoms with Gasteiger partial charge in [0.05, 0.1) is 19.3 Å². The van der Waals surface area contributed by atoms with E-state index in [-0.39, 0.29) is 23.5 Å². The molecule has 174 valence electrons. The number of carbonyl (C=O) groups is 1. The van der Waals surface area contributed by atoms with Gasteiger partial charge in [-0.05, 0) is 98.6 Å². The van der Waals surface area contributed by atoms with Crippen molar-refractivity contribution in [2.75, 3.05) is 14.2 Å². The predicted octanol–water partition coefficient (Wildman–Crippen LogP) is 4.81. The van der Waals surface area contributed by atoms with Gasteiger partial charge in [-0.1, -0.05) is 24.3 Å². The van der Waals surface area contributed by atoms with E-state index in [0.717, 1.165) is 54.5 Å². The second-order valence-electron chi connectivity index (χ2n) is 9.99. The number of hydrogen-bond donors (Lipinski definition) is 1. The Labute approximate surface area is 201 Å². The molecule has 2 aliphatic carbocycles. The van der Waals surface area contributed by atoms with Gasteiger partial charge in [0, 0.05) is 12.5 Å². The van der Waals surface area contributed by atoms with Crippen LogP contribution in [-0.2, 0) is 21.5 Å². The second kappa shape index (κ2) is 8.10. The Balaban J connectivity index is 1.59. The molecule has 1 heterocycles. The number of amides is 1. The molecule has 3 aliphatic rings. The fraction of sp³-hybridized carbons (Fsp3) is 0.481. The number of ether oxygens (including phenoxy) is 2. The lowest BCUT2D eigenvalue weighted by atomic mass is 9.61. The van der Waals surface area contributed by atoms with E-state index < -0.39 is 5.54 Å². The van der Waals surface area contributed by atoms with Crippen LogP contribution in [0.5, 0.6) is 5.75 Å². The summed E-state index contributed by atoms with van der Waals surface area (Å²) in [5, 5.41) is 4.06. The summed E-state index contributed by atoms with van der Waals surface area (Å²) in [5.74, 6) is 0.885. The monoisotopic (exact) mass is 464 g/mol. The minimum atomic E-state index is -0.814. The molecule has 33 heavy (non-hydrogen) atoms. The molecule has 5 nitrogen and oxygen atoms in total. The molecule has 1 saturated heterocycles. The molecule has 1 unspecified atom stereocenters. The zero-order valence-electron chi connectivity index (χ0n) is 19.8. The van der Waals surface area contributed by atoms with Crippen molar-refractivity contribution in [3.8, 4) is 16.9 Å². The molecular weight excluding hydrogens is 432 g/mol. The number of likely N-dealkylation sites (N-methyl/N-ethyl adjacent to an activating group) is 1. The first-order valence-electron chi connectivity index (χ1n) is 11.8. The van der Waals surface area contributed by atoms with Crippen molar-refractivity contribution in [3.05, 3.63) is 53.6 Å². The third-order valence-electron chi connectivity index (χ3n) is 7.82. The third-order valence-corrected chi connectivity index (χ3v) is 8.20. The SMILES string of the molecule is COc1cccc(-c2ccc3c(c2)C2(NC(=S)N(C)C2=O)C2(CCC(OC(C)C)CC2)C3)c1. The van der Waals surface area contributed by atoms with E-state index in [9.17, 15) is 4.79 Å². The van der Waals surface area contributed by atoms with Crippen LogP contribution < -0.4 is 10.1 Å². The highest BCUT2D eigenvalue weighted by Crippen LogP contribution is 2.60. The first-order valence-corrected chi connectivity index (χ1v) is 12.2. The molecule has 2 aromatic carbocycles. The van der Waals surface area contributed by atoms with Crippen molar-refractivity contribution in [1.29, 1.82) is 0 Å². The highest BCUT2D eigenvalue weighted by Gasteiger charge is 2.66. The Morgan fingerprint density at radius 3 is 2.48 bits per heavy atom. The summed E-state index contributed by atoms with van der Waals surface area (Å²) >= 11 is 5.60. The van der Waals surface area contributed by atoms with Crippen LogP contribution in [0, 0.1) is 5.41 Å². The van der Waals surface area contributed by atoms with Crippen LogP contribution in [0.4, 0.5) is 0 Å². The summed E-state index contributed by atoms with van der Waals surface area (Å²) in [5.41, 5.74) is 3.45. The molecule has 1 amide bonds. The zero-order chi connectivity index (χ0) is 23.4. The largest absolute Gasteiger partial charge is 0.497 e. The van der Waals surface area contributed by atoms with E-state index in [1.54, 1.807) is 19.1 Å². The van der Waals surface area contributed by atoms with Crippen LogP contribution >= 0.6 is 12.2 Å². The normalized spacial score (nSPS) is 28.6. The van der Waals surface area contributed by atoms with Gasteiger partial charge in [0.25, 0.3) is 5.91 Å². The Morgan fingerprint density at radius 2 is 1.85 bits per heavy atom. The van der Waals surface area contributed by atoms with Crippen LogP contribution in [0.15, 0.2) is 42.5 Å². The zero-order valence-corrected chi connectivity index (χ0v) is 20.6. The predicted molar refractivity (Wildman–Crippen MR) is 133 cm³/mol. The Kier molecular flexibility index (Phi) is 5.49. The van der Waals surface area contributed by atoms with E-state index in [1.807, 2.05) is 18.2 Å². The molecule has 2 spiro atoms. The maximum atomic E-state index is 13.9. The number of carbonyl (C=O) groups excluding carboxylic acids is 1. The van der Waals surface area contributed by atoms with E-state index in [4.69, 9.17) is 21.7 Å². The number of methoxy groups -OCH3 is 1. The molecule has 1 saturated carbocycles. The number of benzene rings is 2. The number of nitrogens with zero attached hydrogens (tertiary/aromatic N) is 1. The van der Waals surface area contributed by atoms with Crippen LogP contribution in [0.25, 0.3) is 11.1 Å². The molecule has 0 aromatic heterocycles.